The van der Waals surface area contributed by atoms with Gasteiger partial charge in [0, 0.05) is 25.2 Å². The van der Waals surface area contributed by atoms with Crippen molar-refractivity contribution in [2.24, 2.45) is 0 Å². The van der Waals surface area contributed by atoms with E-state index in [1.807, 2.05) is 17.0 Å². The summed E-state index contributed by atoms with van der Waals surface area (Å²) < 4.78 is 0. The minimum absolute atomic E-state index is 0.259. The van der Waals surface area contributed by atoms with Crippen LogP contribution >= 0.6 is 0 Å². The standard InChI is InChI=1S/C12H14N2O/c15-12-5-6-13-8-10-7-9-3-1-2-4-11(9)14(10)12/h1-4,10,13H,5-8H2. The van der Waals surface area contributed by atoms with Gasteiger partial charge in [0.25, 0.3) is 0 Å². The molecular weight excluding hydrogens is 188 g/mol. The molecule has 1 amide bonds. The van der Waals surface area contributed by atoms with Crippen molar-refractivity contribution in [1.29, 1.82) is 0 Å². The van der Waals surface area contributed by atoms with Gasteiger partial charge in [-0.2, -0.15) is 0 Å². The zero-order valence-electron chi connectivity index (χ0n) is 8.57. The summed E-state index contributed by atoms with van der Waals surface area (Å²) in [6.07, 6.45) is 1.61. The van der Waals surface area contributed by atoms with Crippen molar-refractivity contribution in [3.63, 3.8) is 0 Å². The predicted octanol–water partition coefficient (Wildman–Crippen LogP) is 0.938. The van der Waals surface area contributed by atoms with E-state index in [-0.39, 0.29) is 5.91 Å². The van der Waals surface area contributed by atoms with Gasteiger partial charge in [0.05, 0.1) is 6.04 Å². The number of carbonyl (C=O) groups excluding carboxylic acids is 1. The maximum absolute atomic E-state index is 11.9. The van der Waals surface area contributed by atoms with Crippen molar-refractivity contribution in [2.75, 3.05) is 18.0 Å². The summed E-state index contributed by atoms with van der Waals surface area (Å²) in [5.74, 6) is 0.259. The topological polar surface area (TPSA) is 32.3 Å². The van der Waals surface area contributed by atoms with E-state index in [4.69, 9.17) is 0 Å². The highest BCUT2D eigenvalue weighted by atomic mass is 16.2. The van der Waals surface area contributed by atoms with E-state index < -0.39 is 0 Å². The highest BCUT2D eigenvalue weighted by Crippen LogP contribution is 2.32. The monoisotopic (exact) mass is 202 g/mol. The lowest BCUT2D eigenvalue weighted by Gasteiger charge is -2.22. The second-order valence-electron chi connectivity index (χ2n) is 4.20. The summed E-state index contributed by atoms with van der Waals surface area (Å²) in [4.78, 5) is 13.9. The molecule has 15 heavy (non-hydrogen) atoms. The number of hydrogen-bond donors (Lipinski definition) is 1. The summed E-state index contributed by atoms with van der Waals surface area (Å²) in [5.41, 5.74) is 2.43. The van der Waals surface area contributed by atoms with Gasteiger partial charge in [0.1, 0.15) is 0 Å². The van der Waals surface area contributed by atoms with Crippen molar-refractivity contribution >= 4 is 11.6 Å². The van der Waals surface area contributed by atoms with E-state index in [0.29, 0.717) is 12.5 Å². The number of rotatable bonds is 0. The van der Waals surface area contributed by atoms with Crippen molar-refractivity contribution in [3.8, 4) is 0 Å². The molecule has 3 heteroatoms. The maximum Gasteiger partial charge on any atom is 0.228 e. The first kappa shape index (κ1) is 8.92. The van der Waals surface area contributed by atoms with E-state index in [2.05, 4.69) is 17.4 Å². The molecule has 2 aliphatic heterocycles. The molecule has 0 bridgehead atoms. The van der Waals surface area contributed by atoms with Gasteiger partial charge in [-0.25, -0.2) is 0 Å². The molecule has 1 aromatic rings. The Morgan fingerprint density at radius 2 is 2.20 bits per heavy atom. The molecule has 1 atom stereocenters. The molecule has 1 N–H and O–H groups in total. The summed E-state index contributed by atoms with van der Waals surface area (Å²) in [7, 11) is 0. The Balaban J connectivity index is 2.04. The minimum Gasteiger partial charge on any atom is -0.314 e. The van der Waals surface area contributed by atoms with Crippen LogP contribution in [0.4, 0.5) is 5.69 Å². The Bertz CT molecular complexity index is 402. The van der Waals surface area contributed by atoms with E-state index in [9.17, 15) is 4.79 Å². The number of carbonyl (C=O) groups is 1. The SMILES string of the molecule is O=C1CCNCC2Cc3ccccc3N12. The summed E-state index contributed by atoms with van der Waals surface area (Å²) in [6.45, 7) is 1.73. The third-order valence-electron chi connectivity index (χ3n) is 3.24. The molecule has 3 nitrogen and oxygen atoms in total. The van der Waals surface area contributed by atoms with Gasteiger partial charge >= 0.3 is 0 Å². The van der Waals surface area contributed by atoms with Gasteiger partial charge in [0.2, 0.25) is 5.91 Å². The average Bonchev–Trinajstić information content (AvgIpc) is 2.53. The number of hydrogen-bond acceptors (Lipinski definition) is 2. The van der Waals surface area contributed by atoms with Gasteiger partial charge in [-0.1, -0.05) is 18.2 Å². The Labute approximate surface area is 89.1 Å². The summed E-state index contributed by atoms with van der Waals surface area (Å²) in [6, 6.07) is 8.56. The van der Waals surface area contributed by atoms with Gasteiger partial charge in [-0.3, -0.25) is 4.79 Å². The first-order valence-electron chi connectivity index (χ1n) is 5.47. The molecular formula is C12H14N2O. The molecule has 1 fully saturated rings. The Kier molecular flexibility index (Phi) is 1.99. The first-order valence-corrected chi connectivity index (χ1v) is 5.47. The lowest BCUT2D eigenvalue weighted by Crippen LogP contribution is -2.39. The molecule has 2 heterocycles. The number of amides is 1. The van der Waals surface area contributed by atoms with Crippen LogP contribution in [0, 0.1) is 0 Å². The van der Waals surface area contributed by atoms with Crippen molar-refractivity contribution in [3.05, 3.63) is 29.8 Å². The van der Waals surface area contributed by atoms with Crippen LogP contribution < -0.4 is 10.2 Å². The maximum atomic E-state index is 11.9. The normalized spacial score (nSPS) is 24.7. The molecule has 0 aliphatic carbocycles. The Hall–Kier alpha value is -1.35. The molecule has 3 rings (SSSR count). The van der Waals surface area contributed by atoms with Gasteiger partial charge < -0.3 is 10.2 Å². The zero-order chi connectivity index (χ0) is 10.3. The van der Waals surface area contributed by atoms with Crippen LogP contribution in [0.5, 0.6) is 0 Å². The highest BCUT2D eigenvalue weighted by molar-refractivity contribution is 5.96. The average molecular weight is 202 g/mol. The second kappa shape index (κ2) is 3.35. The lowest BCUT2D eigenvalue weighted by molar-refractivity contribution is -0.118. The Morgan fingerprint density at radius 1 is 1.33 bits per heavy atom. The fourth-order valence-corrected chi connectivity index (χ4v) is 2.55. The molecule has 0 radical (unpaired) electrons. The molecule has 0 aromatic heterocycles. The van der Waals surface area contributed by atoms with Crippen LogP contribution in [0.15, 0.2) is 24.3 Å². The molecule has 1 saturated heterocycles. The molecule has 0 saturated carbocycles. The Morgan fingerprint density at radius 3 is 3.13 bits per heavy atom. The molecule has 1 unspecified atom stereocenters. The van der Waals surface area contributed by atoms with E-state index in [1.165, 1.54) is 5.56 Å². The predicted molar refractivity (Wildman–Crippen MR) is 58.9 cm³/mol. The number of nitrogens with one attached hydrogen (secondary N) is 1. The fourth-order valence-electron chi connectivity index (χ4n) is 2.55. The van der Waals surface area contributed by atoms with E-state index in [0.717, 1.165) is 25.2 Å². The number of anilines is 1. The van der Waals surface area contributed by atoms with Crippen LogP contribution in [-0.2, 0) is 11.2 Å². The number of para-hydroxylation sites is 1. The van der Waals surface area contributed by atoms with E-state index in [1.54, 1.807) is 0 Å². The minimum atomic E-state index is 0.259. The fraction of sp³-hybridized carbons (Fsp3) is 0.417. The largest absolute Gasteiger partial charge is 0.314 e. The second-order valence-corrected chi connectivity index (χ2v) is 4.20. The quantitative estimate of drug-likeness (QED) is 0.679. The molecule has 2 aliphatic rings. The van der Waals surface area contributed by atoms with Gasteiger partial charge in [0.15, 0.2) is 0 Å². The van der Waals surface area contributed by atoms with Crippen molar-refractivity contribution in [2.45, 2.75) is 18.9 Å². The number of benzene rings is 1. The van der Waals surface area contributed by atoms with Crippen LogP contribution in [0.1, 0.15) is 12.0 Å². The third kappa shape index (κ3) is 1.35. The van der Waals surface area contributed by atoms with Crippen LogP contribution in [0.2, 0.25) is 0 Å². The zero-order valence-corrected chi connectivity index (χ0v) is 8.57. The molecule has 0 spiro atoms. The molecule has 78 valence electrons. The highest BCUT2D eigenvalue weighted by Gasteiger charge is 2.34. The van der Waals surface area contributed by atoms with Crippen LogP contribution in [-0.4, -0.2) is 25.0 Å². The van der Waals surface area contributed by atoms with Crippen molar-refractivity contribution < 1.29 is 4.79 Å². The van der Waals surface area contributed by atoms with Crippen LogP contribution in [0.25, 0.3) is 0 Å². The lowest BCUT2D eigenvalue weighted by atomic mass is 10.1. The summed E-state index contributed by atoms with van der Waals surface area (Å²) in [5, 5.41) is 3.32. The van der Waals surface area contributed by atoms with Crippen molar-refractivity contribution in [1.82, 2.24) is 5.32 Å². The number of nitrogens with zero attached hydrogens (tertiary/aromatic N) is 1. The first-order chi connectivity index (χ1) is 7.36. The van der Waals surface area contributed by atoms with Crippen LogP contribution in [0.3, 0.4) is 0 Å². The summed E-state index contributed by atoms with van der Waals surface area (Å²) >= 11 is 0. The third-order valence-corrected chi connectivity index (χ3v) is 3.24. The van der Waals surface area contributed by atoms with Gasteiger partial charge in [-0.05, 0) is 18.1 Å². The smallest absolute Gasteiger partial charge is 0.228 e. The van der Waals surface area contributed by atoms with E-state index >= 15 is 0 Å². The molecule has 1 aromatic carbocycles. The number of fused-ring (bicyclic) bond motifs is 3. The van der Waals surface area contributed by atoms with Gasteiger partial charge in [-0.15, -0.1) is 0 Å².